The predicted molar refractivity (Wildman–Crippen MR) is 152 cm³/mol. The standard InChI is InChI=1S/C30H31N3O3S/c1-36-27-14-6-5-13-25(27)33-19-17-32(18-20-33)16-8-15-31-30(35)24-12-7-11-23-26(34)21-28(37-29(23)24)22-9-3-2-4-10-22/h2-7,9-14,21H,8,15-20H2,1H3,(H,31,35). The van der Waals surface area contributed by atoms with Gasteiger partial charge in [0, 0.05) is 49.1 Å². The molecule has 1 saturated heterocycles. The van der Waals surface area contributed by atoms with Gasteiger partial charge in [0.25, 0.3) is 5.91 Å². The van der Waals surface area contributed by atoms with E-state index in [1.807, 2.05) is 48.5 Å². The average molecular weight is 514 g/mol. The Hall–Kier alpha value is -3.68. The fourth-order valence-electron chi connectivity index (χ4n) is 4.80. The van der Waals surface area contributed by atoms with E-state index in [4.69, 9.17) is 4.74 Å². The van der Waals surface area contributed by atoms with E-state index in [-0.39, 0.29) is 11.3 Å². The van der Waals surface area contributed by atoms with Crippen molar-refractivity contribution < 1.29 is 9.53 Å². The zero-order valence-electron chi connectivity index (χ0n) is 21.0. The smallest absolute Gasteiger partial charge is 0.252 e. The number of nitrogens with one attached hydrogen (secondary N) is 1. The van der Waals surface area contributed by atoms with Crippen molar-refractivity contribution in [2.24, 2.45) is 0 Å². The number of rotatable bonds is 8. The molecule has 7 heteroatoms. The number of hydrogen-bond acceptors (Lipinski definition) is 6. The fourth-order valence-corrected chi connectivity index (χ4v) is 5.99. The molecule has 0 bridgehead atoms. The maximum atomic E-state index is 13.1. The lowest BCUT2D eigenvalue weighted by atomic mass is 10.1. The molecular formula is C30H31N3O3S. The topological polar surface area (TPSA) is 61.9 Å². The molecule has 1 fully saturated rings. The number of hydrogen-bond donors (Lipinski definition) is 1. The van der Waals surface area contributed by atoms with Crippen molar-refractivity contribution in [3.63, 3.8) is 0 Å². The molecule has 1 aliphatic rings. The van der Waals surface area contributed by atoms with Crippen LogP contribution in [0.15, 0.2) is 83.7 Å². The minimum atomic E-state index is -0.132. The van der Waals surface area contributed by atoms with E-state index in [9.17, 15) is 9.59 Å². The summed E-state index contributed by atoms with van der Waals surface area (Å²) in [7, 11) is 1.71. The second kappa shape index (κ2) is 11.6. The summed E-state index contributed by atoms with van der Waals surface area (Å²) in [5, 5.41) is 3.66. The van der Waals surface area contributed by atoms with Gasteiger partial charge in [-0.2, -0.15) is 0 Å². The van der Waals surface area contributed by atoms with Crippen LogP contribution in [0, 0.1) is 0 Å². The lowest BCUT2D eigenvalue weighted by Crippen LogP contribution is -2.47. The highest BCUT2D eigenvalue weighted by Crippen LogP contribution is 2.30. The van der Waals surface area contributed by atoms with Gasteiger partial charge in [0.05, 0.1) is 23.1 Å². The first-order valence-electron chi connectivity index (χ1n) is 12.6. The van der Waals surface area contributed by atoms with Crippen molar-refractivity contribution in [1.29, 1.82) is 0 Å². The lowest BCUT2D eigenvalue weighted by Gasteiger charge is -2.36. The van der Waals surface area contributed by atoms with Crippen LogP contribution in [0.3, 0.4) is 0 Å². The van der Waals surface area contributed by atoms with Crippen molar-refractivity contribution in [3.8, 4) is 16.2 Å². The normalized spacial score (nSPS) is 14.0. The van der Waals surface area contributed by atoms with Crippen LogP contribution in [0.25, 0.3) is 20.5 Å². The molecule has 6 nitrogen and oxygen atoms in total. The number of piperazine rings is 1. The highest BCUT2D eigenvalue weighted by molar-refractivity contribution is 7.21. The molecular weight excluding hydrogens is 482 g/mol. The summed E-state index contributed by atoms with van der Waals surface area (Å²) in [5.41, 5.74) is 2.62. The van der Waals surface area contributed by atoms with Crippen molar-refractivity contribution in [3.05, 3.63) is 94.6 Å². The third kappa shape index (κ3) is 5.68. The largest absolute Gasteiger partial charge is 0.495 e. The fraction of sp³-hybridized carbons (Fsp3) is 0.267. The van der Waals surface area contributed by atoms with E-state index in [0.29, 0.717) is 17.5 Å². The molecule has 5 rings (SSSR count). The summed E-state index contributed by atoms with van der Waals surface area (Å²) in [6.07, 6.45) is 0.872. The summed E-state index contributed by atoms with van der Waals surface area (Å²) in [5.74, 6) is 0.778. The van der Waals surface area contributed by atoms with Gasteiger partial charge in [-0.15, -0.1) is 11.3 Å². The van der Waals surface area contributed by atoms with Gasteiger partial charge in [-0.25, -0.2) is 0 Å². The minimum Gasteiger partial charge on any atom is -0.495 e. The Morgan fingerprint density at radius 3 is 2.49 bits per heavy atom. The van der Waals surface area contributed by atoms with Crippen LogP contribution in [0.2, 0.25) is 0 Å². The Labute approximate surface area is 221 Å². The van der Waals surface area contributed by atoms with Gasteiger partial charge in [-0.3, -0.25) is 14.5 Å². The van der Waals surface area contributed by atoms with E-state index >= 15 is 0 Å². The van der Waals surface area contributed by atoms with Crippen molar-refractivity contribution in [2.45, 2.75) is 6.42 Å². The minimum absolute atomic E-state index is 0.0606. The second-order valence-electron chi connectivity index (χ2n) is 9.13. The Morgan fingerprint density at radius 1 is 0.946 bits per heavy atom. The van der Waals surface area contributed by atoms with Gasteiger partial charge in [-0.1, -0.05) is 48.5 Å². The highest BCUT2D eigenvalue weighted by atomic mass is 32.1. The number of benzene rings is 3. The number of amides is 1. The molecule has 1 aliphatic heterocycles. The molecule has 1 aromatic heterocycles. The summed E-state index contributed by atoms with van der Waals surface area (Å²) < 4.78 is 6.25. The molecule has 0 saturated carbocycles. The van der Waals surface area contributed by atoms with E-state index < -0.39 is 0 Å². The molecule has 37 heavy (non-hydrogen) atoms. The monoisotopic (exact) mass is 513 g/mol. The van der Waals surface area contributed by atoms with E-state index in [1.165, 1.54) is 11.3 Å². The molecule has 0 unspecified atom stereocenters. The van der Waals surface area contributed by atoms with Crippen LogP contribution in [-0.4, -0.2) is 57.2 Å². The molecule has 0 aliphatic carbocycles. The van der Waals surface area contributed by atoms with Crippen LogP contribution in [0.4, 0.5) is 5.69 Å². The molecule has 0 spiro atoms. The first-order chi connectivity index (χ1) is 18.1. The number of nitrogens with zero attached hydrogens (tertiary/aromatic N) is 2. The molecule has 1 N–H and O–H groups in total. The molecule has 2 heterocycles. The lowest BCUT2D eigenvalue weighted by molar-refractivity contribution is 0.0953. The van der Waals surface area contributed by atoms with Gasteiger partial charge < -0.3 is 15.0 Å². The van der Waals surface area contributed by atoms with Crippen molar-refractivity contribution >= 4 is 33.0 Å². The maximum Gasteiger partial charge on any atom is 0.252 e. The Kier molecular flexibility index (Phi) is 7.82. The molecule has 1 amide bonds. The summed E-state index contributed by atoms with van der Waals surface area (Å²) in [6.45, 7) is 5.38. The Morgan fingerprint density at radius 2 is 1.70 bits per heavy atom. The van der Waals surface area contributed by atoms with Gasteiger partial charge in [-0.05, 0) is 42.8 Å². The number of anilines is 1. The van der Waals surface area contributed by atoms with Crippen molar-refractivity contribution in [1.82, 2.24) is 10.2 Å². The molecule has 0 atom stereocenters. The molecule has 3 aromatic carbocycles. The highest BCUT2D eigenvalue weighted by Gasteiger charge is 2.19. The molecule has 4 aromatic rings. The van der Waals surface area contributed by atoms with Gasteiger partial charge in [0.1, 0.15) is 5.75 Å². The quantitative estimate of drug-likeness (QED) is 0.340. The Bertz CT molecular complexity index is 1430. The average Bonchev–Trinajstić information content (AvgIpc) is 2.95. The Balaban J connectivity index is 1.17. The van der Waals surface area contributed by atoms with E-state index in [0.717, 1.165) is 65.7 Å². The van der Waals surface area contributed by atoms with E-state index in [2.05, 4.69) is 21.2 Å². The van der Waals surface area contributed by atoms with Gasteiger partial charge >= 0.3 is 0 Å². The van der Waals surface area contributed by atoms with Gasteiger partial charge in [0.15, 0.2) is 5.43 Å². The number of fused-ring (bicyclic) bond motifs is 1. The third-order valence-electron chi connectivity index (χ3n) is 6.79. The first-order valence-corrected chi connectivity index (χ1v) is 13.5. The molecule has 0 radical (unpaired) electrons. The number of methoxy groups -OCH3 is 1. The van der Waals surface area contributed by atoms with Crippen LogP contribution < -0.4 is 20.4 Å². The third-order valence-corrected chi connectivity index (χ3v) is 8.01. The van der Waals surface area contributed by atoms with Crippen molar-refractivity contribution in [2.75, 3.05) is 51.3 Å². The predicted octanol–water partition coefficient (Wildman–Crippen LogP) is 4.88. The maximum absolute atomic E-state index is 13.1. The zero-order chi connectivity index (χ0) is 25.6. The number of para-hydroxylation sites is 2. The SMILES string of the molecule is COc1ccccc1N1CCN(CCCNC(=O)c2cccc3c(=O)cc(-c4ccccc4)sc23)CC1. The van der Waals surface area contributed by atoms with Gasteiger partial charge in [0.2, 0.25) is 0 Å². The summed E-state index contributed by atoms with van der Waals surface area (Å²) in [6, 6.07) is 25.0. The number of carbonyl (C=O) groups is 1. The summed E-state index contributed by atoms with van der Waals surface area (Å²) >= 11 is 1.49. The zero-order valence-corrected chi connectivity index (χ0v) is 21.8. The number of ether oxygens (including phenoxy) is 1. The van der Waals surface area contributed by atoms with E-state index in [1.54, 1.807) is 31.4 Å². The van der Waals surface area contributed by atoms with Crippen LogP contribution in [-0.2, 0) is 0 Å². The van der Waals surface area contributed by atoms with Crippen LogP contribution in [0.1, 0.15) is 16.8 Å². The first kappa shape index (κ1) is 25.0. The van der Waals surface area contributed by atoms with Crippen LogP contribution in [0.5, 0.6) is 5.75 Å². The van der Waals surface area contributed by atoms with Crippen LogP contribution >= 0.6 is 11.3 Å². The summed E-state index contributed by atoms with van der Waals surface area (Å²) in [4.78, 5) is 31.6. The number of carbonyl (C=O) groups excluding carboxylic acids is 1. The second-order valence-corrected chi connectivity index (χ2v) is 10.2. The molecule has 190 valence electrons.